The molecular formula is C14H21N3O4S2. The van der Waals surface area contributed by atoms with E-state index in [0.29, 0.717) is 19.6 Å². The Balaban J connectivity index is 1.80. The monoisotopic (exact) mass is 359 g/mol. The van der Waals surface area contributed by atoms with Crippen LogP contribution in [-0.4, -0.2) is 53.4 Å². The van der Waals surface area contributed by atoms with Gasteiger partial charge in [0.2, 0.25) is 20.0 Å². The zero-order chi connectivity index (χ0) is 16.5. The normalized spacial score (nSPS) is 21.0. The lowest BCUT2D eigenvalue weighted by Gasteiger charge is -2.19. The van der Waals surface area contributed by atoms with Crippen molar-refractivity contribution in [3.63, 3.8) is 0 Å². The molecule has 1 heterocycles. The second kappa shape index (κ2) is 6.48. The van der Waals surface area contributed by atoms with Crippen LogP contribution in [0.15, 0.2) is 34.1 Å². The first-order chi connectivity index (χ1) is 10.9. The van der Waals surface area contributed by atoms with Gasteiger partial charge in [-0.1, -0.05) is 0 Å². The Labute approximate surface area is 137 Å². The van der Waals surface area contributed by atoms with Crippen LogP contribution >= 0.6 is 0 Å². The summed E-state index contributed by atoms with van der Waals surface area (Å²) in [6, 6.07) is 5.47. The summed E-state index contributed by atoms with van der Waals surface area (Å²) in [5.74, 6) is 0. The average Bonchev–Trinajstić information content (AvgIpc) is 3.33. The van der Waals surface area contributed by atoms with Crippen molar-refractivity contribution >= 4 is 20.0 Å². The number of hydrogen-bond donors (Lipinski definition) is 2. The van der Waals surface area contributed by atoms with Gasteiger partial charge in [0.05, 0.1) is 9.79 Å². The van der Waals surface area contributed by atoms with Crippen LogP contribution in [0.2, 0.25) is 0 Å². The Kier molecular flexibility index (Phi) is 4.75. The van der Waals surface area contributed by atoms with Gasteiger partial charge in [0.1, 0.15) is 0 Å². The van der Waals surface area contributed by atoms with Crippen molar-refractivity contribution in [2.45, 2.75) is 35.1 Å². The molecule has 0 amide bonds. The van der Waals surface area contributed by atoms with Crippen molar-refractivity contribution in [2.75, 3.05) is 26.2 Å². The molecule has 1 aliphatic carbocycles. The molecule has 1 saturated heterocycles. The number of nitrogens with zero attached hydrogens (tertiary/aromatic N) is 1. The summed E-state index contributed by atoms with van der Waals surface area (Å²) in [6.45, 7) is 2.32. The number of rotatable bonds is 5. The quantitative estimate of drug-likeness (QED) is 0.778. The SMILES string of the molecule is O=S(=O)(NC1CC1)c1ccc(S(=O)(=O)N2CCCNCC2)cc1. The van der Waals surface area contributed by atoms with Crippen molar-refractivity contribution < 1.29 is 16.8 Å². The van der Waals surface area contributed by atoms with Gasteiger partial charge in [0, 0.05) is 25.7 Å². The first kappa shape index (κ1) is 16.8. The minimum absolute atomic E-state index is 0.0213. The number of benzene rings is 1. The molecule has 128 valence electrons. The Morgan fingerprint density at radius 3 is 2.26 bits per heavy atom. The van der Waals surface area contributed by atoms with Crippen LogP contribution in [0.4, 0.5) is 0 Å². The van der Waals surface area contributed by atoms with E-state index in [0.717, 1.165) is 25.8 Å². The van der Waals surface area contributed by atoms with Gasteiger partial charge in [-0.3, -0.25) is 0 Å². The van der Waals surface area contributed by atoms with E-state index in [4.69, 9.17) is 0 Å². The standard InChI is InChI=1S/C14H21N3O4S2/c18-22(19,16-12-2-3-12)13-4-6-14(7-5-13)23(20,21)17-10-1-8-15-9-11-17/h4-7,12,15-16H,1-3,8-11H2. The summed E-state index contributed by atoms with van der Waals surface area (Å²) in [4.78, 5) is 0.227. The van der Waals surface area contributed by atoms with Gasteiger partial charge in [0.15, 0.2) is 0 Å². The van der Waals surface area contributed by atoms with E-state index in [-0.39, 0.29) is 15.8 Å². The third kappa shape index (κ3) is 3.92. The van der Waals surface area contributed by atoms with E-state index < -0.39 is 20.0 Å². The molecule has 0 spiro atoms. The third-order valence-electron chi connectivity index (χ3n) is 3.97. The number of nitrogens with one attached hydrogen (secondary N) is 2. The second-order valence-electron chi connectivity index (χ2n) is 5.87. The zero-order valence-electron chi connectivity index (χ0n) is 12.7. The topological polar surface area (TPSA) is 95.6 Å². The molecule has 0 unspecified atom stereocenters. The van der Waals surface area contributed by atoms with E-state index in [1.807, 2.05) is 0 Å². The van der Waals surface area contributed by atoms with Crippen LogP contribution in [0, 0.1) is 0 Å². The molecule has 23 heavy (non-hydrogen) atoms. The lowest BCUT2D eigenvalue weighted by atomic mass is 10.4. The van der Waals surface area contributed by atoms with Crippen molar-refractivity contribution in [3.05, 3.63) is 24.3 Å². The fourth-order valence-corrected chi connectivity index (χ4v) is 5.27. The summed E-state index contributed by atoms with van der Waals surface area (Å²) in [6.07, 6.45) is 2.47. The van der Waals surface area contributed by atoms with Crippen molar-refractivity contribution in [1.29, 1.82) is 0 Å². The fraction of sp³-hybridized carbons (Fsp3) is 0.571. The van der Waals surface area contributed by atoms with E-state index in [2.05, 4.69) is 10.0 Å². The highest BCUT2D eigenvalue weighted by Gasteiger charge is 2.29. The third-order valence-corrected chi connectivity index (χ3v) is 7.42. The molecule has 7 nitrogen and oxygen atoms in total. The van der Waals surface area contributed by atoms with Gasteiger partial charge in [-0.2, -0.15) is 4.31 Å². The zero-order valence-corrected chi connectivity index (χ0v) is 14.4. The van der Waals surface area contributed by atoms with Gasteiger partial charge in [0.25, 0.3) is 0 Å². The molecule has 0 bridgehead atoms. The predicted molar refractivity (Wildman–Crippen MR) is 86.0 cm³/mol. The van der Waals surface area contributed by atoms with Gasteiger partial charge in [-0.25, -0.2) is 21.6 Å². The van der Waals surface area contributed by atoms with Crippen LogP contribution in [0.5, 0.6) is 0 Å². The van der Waals surface area contributed by atoms with E-state index >= 15 is 0 Å². The van der Waals surface area contributed by atoms with Gasteiger partial charge in [-0.05, 0) is 50.1 Å². The molecule has 2 aliphatic rings. The molecular weight excluding hydrogens is 338 g/mol. The Bertz CT molecular complexity index is 748. The van der Waals surface area contributed by atoms with Crippen LogP contribution < -0.4 is 10.0 Å². The largest absolute Gasteiger partial charge is 0.315 e. The molecule has 1 aliphatic heterocycles. The lowest BCUT2D eigenvalue weighted by Crippen LogP contribution is -2.34. The van der Waals surface area contributed by atoms with E-state index in [1.54, 1.807) is 0 Å². The maximum absolute atomic E-state index is 12.6. The Hall–Kier alpha value is -1.00. The van der Waals surface area contributed by atoms with Crippen LogP contribution in [0.25, 0.3) is 0 Å². The number of sulfonamides is 2. The molecule has 0 atom stereocenters. The lowest BCUT2D eigenvalue weighted by molar-refractivity contribution is 0.432. The Morgan fingerprint density at radius 1 is 0.957 bits per heavy atom. The van der Waals surface area contributed by atoms with E-state index in [1.165, 1.54) is 28.6 Å². The van der Waals surface area contributed by atoms with Crippen molar-refractivity contribution in [2.24, 2.45) is 0 Å². The summed E-state index contributed by atoms with van der Waals surface area (Å²) in [7, 11) is -7.14. The summed E-state index contributed by atoms with van der Waals surface area (Å²) in [5.41, 5.74) is 0. The molecule has 1 saturated carbocycles. The highest BCUT2D eigenvalue weighted by molar-refractivity contribution is 7.89. The van der Waals surface area contributed by atoms with Crippen molar-refractivity contribution in [1.82, 2.24) is 14.3 Å². The minimum atomic E-state index is -3.58. The maximum Gasteiger partial charge on any atom is 0.243 e. The van der Waals surface area contributed by atoms with Gasteiger partial charge < -0.3 is 5.32 Å². The molecule has 1 aromatic rings. The smallest absolute Gasteiger partial charge is 0.243 e. The van der Waals surface area contributed by atoms with Crippen LogP contribution in [0.1, 0.15) is 19.3 Å². The highest BCUT2D eigenvalue weighted by Crippen LogP contribution is 2.23. The molecule has 0 radical (unpaired) electrons. The molecule has 2 N–H and O–H groups in total. The average molecular weight is 359 g/mol. The van der Waals surface area contributed by atoms with Crippen LogP contribution in [-0.2, 0) is 20.0 Å². The molecule has 0 aromatic heterocycles. The summed E-state index contributed by atoms with van der Waals surface area (Å²) < 4.78 is 53.5. The number of hydrogen-bond acceptors (Lipinski definition) is 5. The molecule has 3 rings (SSSR count). The maximum atomic E-state index is 12.6. The van der Waals surface area contributed by atoms with Crippen LogP contribution in [0.3, 0.4) is 0 Å². The second-order valence-corrected chi connectivity index (χ2v) is 9.53. The van der Waals surface area contributed by atoms with E-state index in [9.17, 15) is 16.8 Å². The highest BCUT2D eigenvalue weighted by atomic mass is 32.2. The molecule has 1 aromatic carbocycles. The summed E-state index contributed by atoms with van der Waals surface area (Å²) >= 11 is 0. The van der Waals surface area contributed by atoms with Gasteiger partial charge >= 0.3 is 0 Å². The molecule has 2 fully saturated rings. The first-order valence-electron chi connectivity index (χ1n) is 7.73. The first-order valence-corrected chi connectivity index (χ1v) is 10.7. The van der Waals surface area contributed by atoms with Crippen molar-refractivity contribution in [3.8, 4) is 0 Å². The minimum Gasteiger partial charge on any atom is -0.315 e. The fourth-order valence-electron chi connectivity index (χ4n) is 2.49. The molecule has 9 heteroatoms. The Morgan fingerprint density at radius 2 is 1.61 bits per heavy atom. The van der Waals surface area contributed by atoms with Gasteiger partial charge in [-0.15, -0.1) is 0 Å². The summed E-state index contributed by atoms with van der Waals surface area (Å²) in [5, 5.41) is 3.16. The predicted octanol–water partition coefficient (Wildman–Crippen LogP) is 0.111.